The minimum Gasteiger partial charge on any atom is -0.480 e. The van der Waals surface area contributed by atoms with Crippen molar-refractivity contribution < 1.29 is 9.90 Å². The van der Waals surface area contributed by atoms with E-state index in [1.54, 1.807) is 13.8 Å². The van der Waals surface area contributed by atoms with E-state index in [4.69, 9.17) is 5.11 Å². The van der Waals surface area contributed by atoms with Crippen molar-refractivity contribution in [1.29, 1.82) is 0 Å². The Morgan fingerprint density at radius 3 is 2.82 bits per heavy atom. The molecule has 0 aliphatic heterocycles. The van der Waals surface area contributed by atoms with E-state index in [1.165, 1.54) is 34.6 Å². The second kappa shape index (κ2) is 4.75. The van der Waals surface area contributed by atoms with Gasteiger partial charge in [0.15, 0.2) is 0 Å². The number of nitrogens with zero attached hydrogens (tertiary/aromatic N) is 2. The van der Waals surface area contributed by atoms with E-state index >= 15 is 0 Å². The quantitative estimate of drug-likeness (QED) is 0.874. The van der Waals surface area contributed by atoms with Crippen LogP contribution < -0.4 is 0 Å². The number of thiophene rings is 1. The molecule has 2 aromatic rings. The molecule has 0 atom stereocenters. The van der Waals surface area contributed by atoms with Crippen molar-refractivity contribution in [2.24, 2.45) is 0 Å². The van der Waals surface area contributed by atoms with Gasteiger partial charge in [-0.2, -0.15) is 0 Å². The molecule has 0 amide bonds. The van der Waals surface area contributed by atoms with Crippen molar-refractivity contribution in [2.45, 2.75) is 22.8 Å². The molecule has 0 unspecified atom stereocenters. The fourth-order valence-corrected chi connectivity index (χ4v) is 3.92. The first-order chi connectivity index (χ1) is 7.99. The second-order valence-electron chi connectivity index (χ2n) is 3.86. The van der Waals surface area contributed by atoms with E-state index in [0.29, 0.717) is 0 Å². The Labute approximate surface area is 111 Å². The van der Waals surface area contributed by atoms with Crippen LogP contribution in [0.2, 0.25) is 0 Å². The van der Waals surface area contributed by atoms with E-state index in [2.05, 4.69) is 9.59 Å². The van der Waals surface area contributed by atoms with E-state index in [-0.39, 0.29) is 0 Å². The van der Waals surface area contributed by atoms with Crippen LogP contribution in [-0.2, 0) is 4.79 Å². The molecule has 4 nitrogen and oxygen atoms in total. The number of hydrogen-bond acceptors (Lipinski definition) is 6. The second-order valence-corrected chi connectivity index (χ2v) is 7.31. The predicted molar refractivity (Wildman–Crippen MR) is 70.8 cm³/mol. The number of carbonyl (C=O) groups is 1. The predicted octanol–water partition coefficient (Wildman–Crippen LogP) is 3.22. The minimum absolute atomic E-state index is 0.812. The molecule has 0 saturated carbocycles. The highest BCUT2D eigenvalue weighted by Gasteiger charge is 2.29. The number of carboxylic acids is 1. The van der Waals surface area contributed by atoms with Crippen LogP contribution in [0.3, 0.4) is 0 Å². The summed E-state index contributed by atoms with van der Waals surface area (Å²) in [4.78, 5) is 11.0. The van der Waals surface area contributed by atoms with Gasteiger partial charge < -0.3 is 5.11 Å². The number of aliphatic carboxylic acids is 1. The zero-order chi connectivity index (χ0) is 12.5. The zero-order valence-corrected chi connectivity index (χ0v) is 11.7. The van der Waals surface area contributed by atoms with Crippen molar-refractivity contribution >= 4 is 40.6 Å². The molecule has 0 bridgehead atoms. The average Bonchev–Trinajstić information content (AvgIpc) is 2.85. The lowest BCUT2D eigenvalue weighted by atomic mass is 10.2. The molecule has 0 radical (unpaired) electrons. The summed E-state index contributed by atoms with van der Waals surface area (Å²) < 4.78 is 3.96. The average molecular weight is 286 g/mol. The monoisotopic (exact) mass is 286 g/mol. The van der Waals surface area contributed by atoms with Crippen LogP contribution in [0, 0.1) is 0 Å². The van der Waals surface area contributed by atoms with E-state index in [0.717, 1.165) is 15.5 Å². The zero-order valence-electron chi connectivity index (χ0n) is 9.21. The molecule has 0 aromatic carbocycles. The SMILES string of the molecule is CC(C)(Sc1cc(-c2csnn2)cs1)C(=O)O. The van der Waals surface area contributed by atoms with Crippen LogP contribution in [0.4, 0.5) is 0 Å². The molecule has 17 heavy (non-hydrogen) atoms. The Bertz CT molecular complexity index is 519. The van der Waals surface area contributed by atoms with Gasteiger partial charge in [-0.1, -0.05) is 16.3 Å². The maximum atomic E-state index is 11.0. The van der Waals surface area contributed by atoms with Crippen molar-refractivity contribution in [1.82, 2.24) is 9.59 Å². The lowest BCUT2D eigenvalue weighted by Gasteiger charge is -2.16. The van der Waals surface area contributed by atoms with E-state index < -0.39 is 10.7 Å². The summed E-state index contributed by atoms with van der Waals surface area (Å²) >= 11 is 4.18. The Kier molecular flexibility index (Phi) is 3.50. The summed E-state index contributed by atoms with van der Waals surface area (Å²) in [6.45, 7) is 3.40. The molecule has 0 spiro atoms. The van der Waals surface area contributed by atoms with E-state index in [9.17, 15) is 4.79 Å². The van der Waals surface area contributed by atoms with Gasteiger partial charge in [0.25, 0.3) is 0 Å². The highest BCUT2D eigenvalue weighted by atomic mass is 32.2. The molecular formula is C10H10N2O2S3. The fourth-order valence-electron chi connectivity index (χ4n) is 1.09. The van der Waals surface area contributed by atoms with Crippen molar-refractivity contribution in [3.05, 3.63) is 16.8 Å². The highest BCUT2D eigenvalue weighted by Crippen LogP contribution is 2.38. The summed E-state index contributed by atoms with van der Waals surface area (Å²) in [6, 6.07) is 1.96. The molecule has 1 N–H and O–H groups in total. The molecule has 0 aliphatic carbocycles. The van der Waals surface area contributed by atoms with Gasteiger partial charge in [-0.05, 0) is 31.4 Å². The van der Waals surface area contributed by atoms with Gasteiger partial charge in [-0.3, -0.25) is 4.79 Å². The molecule has 7 heteroatoms. The lowest BCUT2D eigenvalue weighted by Crippen LogP contribution is -2.26. The molecule has 0 aliphatic rings. The van der Waals surface area contributed by atoms with Gasteiger partial charge in [0.05, 0.1) is 4.21 Å². The van der Waals surface area contributed by atoms with Gasteiger partial charge in [0, 0.05) is 16.3 Å². The normalized spacial score (nSPS) is 11.6. The first kappa shape index (κ1) is 12.5. The van der Waals surface area contributed by atoms with Crippen molar-refractivity contribution in [3.63, 3.8) is 0 Å². The summed E-state index contributed by atoms with van der Waals surface area (Å²) in [6.07, 6.45) is 0. The Morgan fingerprint density at radius 1 is 1.47 bits per heavy atom. The van der Waals surface area contributed by atoms with Crippen molar-refractivity contribution in [2.75, 3.05) is 0 Å². The number of rotatable bonds is 4. The summed E-state index contributed by atoms with van der Waals surface area (Å²) in [7, 11) is 0. The summed E-state index contributed by atoms with van der Waals surface area (Å²) in [5, 5.41) is 16.9. The van der Waals surface area contributed by atoms with Gasteiger partial charge in [0.1, 0.15) is 10.4 Å². The highest BCUT2D eigenvalue weighted by molar-refractivity contribution is 8.03. The summed E-state index contributed by atoms with van der Waals surface area (Å²) in [5.41, 5.74) is 1.83. The maximum Gasteiger partial charge on any atom is 0.319 e. The molecule has 0 fully saturated rings. The molecule has 2 heterocycles. The van der Waals surface area contributed by atoms with Crippen LogP contribution in [0.15, 0.2) is 21.0 Å². The van der Waals surface area contributed by atoms with Crippen LogP contribution in [0.1, 0.15) is 13.8 Å². The Balaban J connectivity index is 2.17. The smallest absolute Gasteiger partial charge is 0.319 e. The number of carboxylic acid groups (broad SMARTS) is 1. The van der Waals surface area contributed by atoms with Gasteiger partial charge in [-0.15, -0.1) is 16.4 Å². The number of thioether (sulfide) groups is 1. The standard InChI is InChI=1S/C10H10N2O2S3/c1-10(2,9(13)14)17-8-3-6(4-15-8)7-5-16-12-11-7/h3-5H,1-2H3,(H,13,14). The first-order valence-corrected chi connectivity index (χ1v) is 7.31. The number of aromatic nitrogens is 2. The van der Waals surface area contributed by atoms with Crippen molar-refractivity contribution in [3.8, 4) is 11.3 Å². The topological polar surface area (TPSA) is 63.1 Å². The summed E-state index contributed by atoms with van der Waals surface area (Å²) in [5.74, 6) is -0.812. The fraction of sp³-hybridized carbons (Fsp3) is 0.300. The Morgan fingerprint density at radius 2 is 2.24 bits per heavy atom. The van der Waals surface area contributed by atoms with Gasteiger partial charge in [-0.25, -0.2) is 0 Å². The Hall–Kier alpha value is -0.920. The third kappa shape index (κ3) is 2.85. The maximum absolute atomic E-state index is 11.0. The molecule has 2 aromatic heterocycles. The number of hydrogen-bond donors (Lipinski definition) is 1. The third-order valence-electron chi connectivity index (χ3n) is 2.10. The van der Waals surface area contributed by atoms with Crippen LogP contribution in [0.25, 0.3) is 11.3 Å². The van der Waals surface area contributed by atoms with Gasteiger partial charge >= 0.3 is 5.97 Å². The molecule has 90 valence electrons. The molecule has 2 rings (SSSR count). The molecular weight excluding hydrogens is 276 g/mol. The third-order valence-corrected chi connectivity index (χ3v) is 4.87. The largest absolute Gasteiger partial charge is 0.480 e. The lowest BCUT2D eigenvalue weighted by molar-refractivity contribution is -0.138. The van der Waals surface area contributed by atoms with Crippen LogP contribution >= 0.6 is 34.6 Å². The minimum atomic E-state index is -0.817. The van der Waals surface area contributed by atoms with Crippen LogP contribution in [0.5, 0.6) is 0 Å². The van der Waals surface area contributed by atoms with Gasteiger partial charge in [0.2, 0.25) is 0 Å². The molecule has 0 saturated heterocycles. The van der Waals surface area contributed by atoms with Crippen LogP contribution in [-0.4, -0.2) is 25.4 Å². The van der Waals surface area contributed by atoms with E-state index in [1.807, 2.05) is 16.8 Å². The first-order valence-electron chi connectivity index (χ1n) is 4.77.